The number of aromatic nitrogens is 2. The first kappa shape index (κ1) is 20.3. The minimum atomic E-state index is 0.0512. The quantitative estimate of drug-likeness (QED) is 0.736. The highest BCUT2D eigenvalue weighted by molar-refractivity contribution is 5.77. The van der Waals surface area contributed by atoms with E-state index in [0.717, 1.165) is 35.5 Å². The highest BCUT2D eigenvalue weighted by atomic mass is 16.5. The molecule has 1 saturated heterocycles. The van der Waals surface area contributed by atoms with Crippen molar-refractivity contribution < 1.29 is 9.53 Å². The van der Waals surface area contributed by atoms with E-state index in [1.165, 1.54) is 0 Å². The van der Waals surface area contributed by atoms with Crippen molar-refractivity contribution in [3.63, 3.8) is 0 Å². The molecule has 2 aromatic heterocycles. The maximum absolute atomic E-state index is 12.4. The van der Waals surface area contributed by atoms with Gasteiger partial charge in [0, 0.05) is 50.5 Å². The number of carbonyl (C=O) groups excluding carboxylic acids is 1. The third-order valence-corrected chi connectivity index (χ3v) is 5.82. The fourth-order valence-corrected chi connectivity index (χ4v) is 4.08. The highest BCUT2D eigenvalue weighted by Gasteiger charge is 2.33. The highest BCUT2D eigenvalue weighted by Crippen LogP contribution is 2.44. The Morgan fingerprint density at radius 3 is 2.87 bits per heavy atom. The standard InChI is InChI=1S/C23H26N5O2/c1-16-15-27(10-11-28(16)21(29)7-12-30-2)23-19(14-24)13-20(17-5-8-25-9-6-17)22(26-23)18-3-4-18/h5-6,8,13,16,18H,3-4,7,10-12,15H2,1-2H3/t16-/m1/s1. The first-order valence-corrected chi connectivity index (χ1v) is 10.4. The SMILES string of the molecule is COCCC(=O)N1CCN(c2nc(C3CC3)c(-c3c[c]ncc3)cc2C#N)C[C@H]1C. The van der Waals surface area contributed by atoms with Crippen LogP contribution in [0.15, 0.2) is 24.4 Å². The Bertz CT molecular complexity index is 952. The maximum Gasteiger partial charge on any atom is 0.225 e. The predicted molar refractivity (Wildman–Crippen MR) is 113 cm³/mol. The molecule has 2 aliphatic rings. The van der Waals surface area contributed by atoms with Crippen LogP contribution in [0.1, 0.15) is 43.4 Å². The van der Waals surface area contributed by atoms with Crippen molar-refractivity contribution in [3.05, 3.63) is 41.9 Å². The summed E-state index contributed by atoms with van der Waals surface area (Å²) in [6, 6.07) is 8.13. The molecule has 1 aliphatic carbocycles. The van der Waals surface area contributed by atoms with Crippen LogP contribution in [0.5, 0.6) is 0 Å². The van der Waals surface area contributed by atoms with Gasteiger partial charge in [-0.2, -0.15) is 5.26 Å². The Kier molecular flexibility index (Phi) is 5.96. The number of methoxy groups -OCH3 is 1. The monoisotopic (exact) mass is 404 g/mol. The van der Waals surface area contributed by atoms with Crippen molar-refractivity contribution in [3.8, 4) is 17.2 Å². The fraction of sp³-hybridized carbons (Fsp3) is 0.478. The predicted octanol–water partition coefficient (Wildman–Crippen LogP) is 2.77. The molecule has 1 saturated carbocycles. The summed E-state index contributed by atoms with van der Waals surface area (Å²) in [5.41, 5.74) is 3.61. The Balaban J connectivity index is 1.61. The number of carbonyl (C=O) groups is 1. The van der Waals surface area contributed by atoms with Gasteiger partial charge in [-0.3, -0.25) is 9.78 Å². The van der Waals surface area contributed by atoms with E-state index in [2.05, 4.69) is 22.1 Å². The molecule has 0 aromatic carbocycles. The van der Waals surface area contributed by atoms with Crippen molar-refractivity contribution in [1.82, 2.24) is 14.9 Å². The molecule has 2 fully saturated rings. The first-order chi connectivity index (χ1) is 14.6. The number of rotatable bonds is 6. The van der Waals surface area contributed by atoms with E-state index in [-0.39, 0.29) is 11.9 Å². The van der Waals surface area contributed by atoms with Gasteiger partial charge in [-0.25, -0.2) is 4.98 Å². The summed E-state index contributed by atoms with van der Waals surface area (Å²) in [6.45, 7) is 4.43. The van der Waals surface area contributed by atoms with Gasteiger partial charge < -0.3 is 14.5 Å². The van der Waals surface area contributed by atoms with Gasteiger partial charge in [-0.15, -0.1) is 0 Å². The Morgan fingerprint density at radius 2 is 2.23 bits per heavy atom. The van der Waals surface area contributed by atoms with E-state index < -0.39 is 0 Å². The smallest absolute Gasteiger partial charge is 0.225 e. The number of piperazine rings is 1. The second-order valence-electron chi connectivity index (χ2n) is 7.98. The van der Waals surface area contributed by atoms with Gasteiger partial charge >= 0.3 is 0 Å². The van der Waals surface area contributed by atoms with E-state index in [1.807, 2.05) is 30.0 Å². The second-order valence-corrected chi connectivity index (χ2v) is 7.98. The number of ether oxygens (including phenoxy) is 1. The van der Waals surface area contributed by atoms with Crippen LogP contribution in [0.25, 0.3) is 11.1 Å². The average molecular weight is 404 g/mol. The molecular weight excluding hydrogens is 378 g/mol. The minimum absolute atomic E-state index is 0.0512. The average Bonchev–Trinajstić information content (AvgIpc) is 3.62. The van der Waals surface area contributed by atoms with Gasteiger partial charge in [0.25, 0.3) is 0 Å². The van der Waals surface area contributed by atoms with Gasteiger partial charge in [-0.1, -0.05) is 0 Å². The molecule has 0 spiro atoms. The topological polar surface area (TPSA) is 82.3 Å². The molecule has 0 unspecified atom stereocenters. The molecule has 0 bridgehead atoms. The zero-order valence-electron chi connectivity index (χ0n) is 17.5. The van der Waals surface area contributed by atoms with Crippen molar-refractivity contribution in [2.45, 2.75) is 38.1 Å². The van der Waals surface area contributed by atoms with Gasteiger partial charge in [-0.05, 0) is 43.5 Å². The fourth-order valence-electron chi connectivity index (χ4n) is 4.08. The molecule has 1 radical (unpaired) electrons. The summed E-state index contributed by atoms with van der Waals surface area (Å²) in [6.07, 6.45) is 7.24. The number of pyridine rings is 2. The Labute approximate surface area is 177 Å². The lowest BCUT2D eigenvalue weighted by atomic mass is 10.00. The van der Waals surface area contributed by atoms with Crippen LogP contribution in [0.4, 0.5) is 5.82 Å². The molecule has 30 heavy (non-hydrogen) atoms. The van der Waals surface area contributed by atoms with E-state index in [4.69, 9.17) is 9.72 Å². The molecular formula is C23H26N5O2. The van der Waals surface area contributed by atoms with Crippen LogP contribution in [0.3, 0.4) is 0 Å². The summed E-state index contributed by atoms with van der Waals surface area (Å²) in [5, 5.41) is 9.85. The molecule has 0 N–H and O–H groups in total. The Hall–Kier alpha value is -2.98. The van der Waals surface area contributed by atoms with E-state index in [1.54, 1.807) is 13.3 Å². The zero-order valence-corrected chi connectivity index (χ0v) is 17.5. The molecule has 1 atom stereocenters. The zero-order chi connectivity index (χ0) is 21.1. The number of nitrogens with zero attached hydrogens (tertiary/aromatic N) is 5. The molecule has 1 amide bonds. The van der Waals surface area contributed by atoms with Crippen LogP contribution in [-0.2, 0) is 9.53 Å². The normalized spacial score (nSPS) is 18.9. The summed E-state index contributed by atoms with van der Waals surface area (Å²) in [4.78, 5) is 25.5. The van der Waals surface area contributed by atoms with Crippen LogP contribution in [0, 0.1) is 17.5 Å². The number of hydrogen-bond donors (Lipinski definition) is 0. The third-order valence-electron chi connectivity index (χ3n) is 5.82. The molecule has 7 nitrogen and oxygen atoms in total. The number of anilines is 1. The van der Waals surface area contributed by atoms with Gasteiger partial charge in [0.2, 0.25) is 5.91 Å². The molecule has 3 heterocycles. The molecule has 155 valence electrons. The van der Waals surface area contributed by atoms with Crippen molar-refractivity contribution in [1.29, 1.82) is 5.26 Å². The lowest BCUT2D eigenvalue weighted by Crippen LogP contribution is -2.54. The van der Waals surface area contributed by atoms with Gasteiger partial charge in [0.05, 0.1) is 30.5 Å². The van der Waals surface area contributed by atoms with Crippen LogP contribution < -0.4 is 4.90 Å². The summed E-state index contributed by atoms with van der Waals surface area (Å²) in [7, 11) is 1.61. The van der Waals surface area contributed by atoms with E-state index >= 15 is 0 Å². The van der Waals surface area contributed by atoms with Crippen molar-refractivity contribution in [2.75, 3.05) is 38.3 Å². The maximum atomic E-state index is 12.4. The van der Waals surface area contributed by atoms with E-state index in [0.29, 0.717) is 44.1 Å². The molecule has 7 heteroatoms. The summed E-state index contributed by atoms with van der Waals surface area (Å²) >= 11 is 0. The van der Waals surface area contributed by atoms with Crippen LogP contribution in [-0.4, -0.2) is 60.2 Å². The molecule has 2 aromatic rings. The first-order valence-electron chi connectivity index (χ1n) is 10.4. The molecule has 1 aliphatic heterocycles. The van der Waals surface area contributed by atoms with Crippen molar-refractivity contribution >= 4 is 11.7 Å². The van der Waals surface area contributed by atoms with Crippen LogP contribution in [0.2, 0.25) is 0 Å². The van der Waals surface area contributed by atoms with E-state index in [9.17, 15) is 10.1 Å². The lowest BCUT2D eigenvalue weighted by molar-refractivity contribution is -0.134. The number of hydrogen-bond acceptors (Lipinski definition) is 6. The number of amides is 1. The summed E-state index contributed by atoms with van der Waals surface area (Å²) < 4.78 is 5.04. The van der Waals surface area contributed by atoms with Gasteiger partial charge in [0.1, 0.15) is 11.9 Å². The van der Waals surface area contributed by atoms with Gasteiger partial charge in [0.15, 0.2) is 0 Å². The second kappa shape index (κ2) is 8.80. The summed E-state index contributed by atoms with van der Waals surface area (Å²) in [5.74, 6) is 1.28. The van der Waals surface area contributed by atoms with Crippen LogP contribution >= 0.6 is 0 Å². The molecule has 4 rings (SSSR count). The minimum Gasteiger partial charge on any atom is -0.384 e. The lowest BCUT2D eigenvalue weighted by Gasteiger charge is -2.41. The third kappa shape index (κ3) is 4.14. The number of nitriles is 1. The largest absolute Gasteiger partial charge is 0.384 e. The van der Waals surface area contributed by atoms with Crippen molar-refractivity contribution in [2.24, 2.45) is 0 Å². The Morgan fingerprint density at radius 1 is 1.40 bits per heavy atom.